The van der Waals surface area contributed by atoms with E-state index >= 15 is 0 Å². The SMILES string of the molecule is CC(C)CC(CNC(=O)CCOc1ccc(Cl)cc1)C(=O)O. The fourth-order valence-corrected chi connectivity index (χ4v) is 2.08. The fraction of sp³-hybridized carbons (Fsp3) is 0.500. The molecule has 0 aliphatic carbocycles. The molecule has 1 rings (SSSR count). The van der Waals surface area contributed by atoms with Crippen molar-refractivity contribution in [2.75, 3.05) is 13.2 Å². The first-order chi connectivity index (χ1) is 10.4. The highest BCUT2D eigenvalue weighted by atomic mass is 35.5. The molecule has 22 heavy (non-hydrogen) atoms. The number of carbonyl (C=O) groups is 2. The Morgan fingerprint density at radius 3 is 2.45 bits per heavy atom. The first kappa shape index (κ1) is 18.3. The lowest BCUT2D eigenvalue weighted by atomic mass is 9.97. The lowest BCUT2D eigenvalue weighted by molar-refractivity contribution is -0.142. The minimum absolute atomic E-state index is 0.146. The predicted molar refractivity (Wildman–Crippen MR) is 85.2 cm³/mol. The summed E-state index contributed by atoms with van der Waals surface area (Å²) in [6.45, 7) is 4.29. The van der Waals surface area contributed by atoms with Crippen molar-refractivity contribution in [2.24, 2.45) is 11.8 Å². The van der Waals surface area contributed by atoms with Crippen molar-refractivity contribution in [3.63, 3.8) is 0 Å². The molecule has 6 heteroatoms. The third-order valence-electron chi connectivity index (χ3n) is 3.06. The Morgan fingerprint density at radius 1 is 1.27 bits per heavy atom. The Labute approximate surface area is 135 Å². The van der Waals surface area contributed by atoms with Gasteiger partial charge in [-0.15, -0.1) is 0 Å². The molecule has 122 valence electrons. The Morgan fingerprint density at radius 2 is 1.91 bits per heavy atom. The normalized spacial score (nSPS) is 12.0. The minimum atomic E-state index is -0.883. The quantitative estimate of drug-likeness (QED) is 0.731. The van der Waals surface area contributed by atoms with Crippen LogP contribution in [0, 0.1) is 11.8 Å². The van der Waals surface area contributed by atoms with Crippen LogP contribution in [-0.4, -0.2) is 30.1 Å². The first-order valence-corrected chi connectivity index (χ1v) is 7.64. The van der Waals surface area contributed by atoms with Crippen LogP contribution in [0.2, 0.25) is 5.02 Å². The lowest BCUT2D eigenvalue weighted by Crippen LogP contribution is -2.34. The van der Waals surface area contributed by atoms with Gasteiger partial charge in [0, 0.05) is 11.6 Å². The van der Waals surface area contributed by atoms with Crippen LogP contribution in [0.1, 0.15) is 26.7 Å². The summed E-state index contributed by atoms with van der Waals surface area (Å²) < 4.78 is 5.41. The van der Waals surface area contributed by atoms with Gasteiger partial charge in [-0.3, -0.25) is 9.59 Å². The molecule has 1 aromatic carbocycles. The predicted octanol–water partition coefficient (Wildman–Crippen LogP) is 2.97. The van der Waals surface area contributed by atoms with Gasteiger partial charge in [0.1, 0.15) is 5.75 Å². The molecule has 0 saturated heterocycles. The first-order valence-electron chi connectivity index (χ1n) is 7.26. The maximum absolute atomic E-state index is 11.7. The second-order valence-corrected chi connectivity index (χ2v) is 5.96. The summed E-state index contributed by atoms with van der Waals surface area (Å²) in [6.07, 6.45) is 0.716. The number of carboxylic acid groups (broad SMARTS) is 1. The molecule has 0 saturated carbocycles. The summed E-state index contributed by atoms with van der Waals surface area (Å²) in [5.41, 5.74) is 0. The molecule has 1 aromatic rings. The molecular formula is C16H22ClNO4. The Kier molecular flexibility index (Phi) is 7.74. The number of hydrogen-bond donors (Lipinski definition) is 2. The number of rotatable bonds is 9. The van der Waals surface area contributed by atoms with Gasteiger partial charge < -0.3 is 15.2 Å². The molecule has 1 unspecified atom stereocenters. The zero-order valence-corrected chi connectivity index (χ0v) is 13.6. The third-order valence-corrected chi connectivity index (χ3v) is 3.31. The number of carbonyl (C=O) groups excluding carboxylic acids is 1. The van der Waals surface area contributed by atoms with Crippen molar-refractivity contribution in [1.29, 1.82) is 0 Å². The Hall–Kier alpha value is -1.75. The van der Waals surface area contributed by atoms with Gasteiger partial charge in [0.2, 0.25) is 5.91 Å². The number of benzene rings is 1. The van der Waals surface area contributed by atoms with E-state index in [0.717, 1.165) is 0 Å². The summed E-state index contributed by atoms with van der Waals surface area (Å²) in [6, 6.07) is 6.87. The van der Waals surface area contributed by atoms with Crippen molar-refractivity contribution < 1.29 is 19.4 Å². The van der Waals surface area contributed by atoms with Crippen molar-refractivity contribution in [1.82, 2.24) is 5.32 Å². The Balaban J connectivity index is 2.27. The summed E-state index contributed by atoms with van der Waals surface area (Å²) in [4.78, 5) is 22.8. The Bertz CT molecular complexity index is 487. The number of hydrogen-bond acceptors (Lipinski definition) is 3. The number of nitrogens with one attached hydrogen (secondary N) is 1. The van der Waals surface area contributed by atoms with E-state index in [1.54, 1.807) is 24.3 Å². The van der Waals surface area contributed by atoms with Gasteiger partial charge in [0.15, 0.2) is 0 Å². The molecule has 5 nitrogen and oxygen atoms in total. The van der Waals surface area contributed by atoms with Crippen molar-refractivity contribution >= 4 is 23.5 Å². The minimum Gasteiger partial charge on any atom is -0.493 e. The summed E-state index contributed by atoms with van der Waals surface area (Å²) in [5, 5.41) is 12.4. The molecule has 1 atom stereocenters. The van der Waals surface area contributed by atoms with Gasteiger partial charge in [0.05, 0.1) is 18.9 Å². The van der Waals surface area contributed by atoms with Gasteiger partial charge in [0.25, 0.3) is 0 Å². The average Bonchev–Trinajstić information content (AvgIpc) is 2.45. The molecule has 0 fully saturated rings. The zero-order chi connectivity index (χ0) is 16.5. The van der Waals surface area contributed by atoms with Crippen LogP contribution in [0.4, 0.5) is 0 Å². The van der Waals surface area contributed by atoms with Crippen LogP contribution in [0.25, 0.3) is 0 Å². The number of amides is 1. The number of ether oxygens (including phenoxy) is 1. The van der Waals surface area contributed by atoms with Crippen LogP contribution in [0.5, 0.6) is 5.75 Å². The molecular weight excluding hydrogens is 306 g/mol. The van der Waals surface area contributed by atoms with E-state index < -0.39 is 11.9 Å². The highest BCUT2D eigenvalue weighted by Crippen LogP contribution is 2.15. The van der Waals surface area contributed by atoms with Crippen molar-refractivity contribution in [2.45, 2.75) is 26.7 Å². The van der Waals surface area contributed by atoms with Gasteiger partial charge >= 0.3 is 5.97 Å². The molecule has 2 N–H and O–H groups in total. The molecule has 0 heterocycles. The van der Waals surface area contributed by atoms with E-state index in [0.29, 0.717) is 17.2 Å². The van der Waals surface area contributed by atoms with E-state index in [1.807, 2.05) is 13.8 Å². The fourth-order valence-electron chi connectivity index (χ4n) is 1.96. The topological polar surface area (TPSA) is 75.6 Å². The maximum atomic E-state index is 11.7. The van der Waals surface area contributed by atoms with E-state index in [4.69, 9.17) is 21.4 Å². The highest BCUT2D eigenvalue weighted by Gasteiger charge is 2.19. The molecule has 0 spiro atoms. The van der Waals surface area contributed by atoms with E-state index in [9.17, 15) is 9.59 Å². The number of aliphatic carboxylic acids is 1. The third kappa shape index (κ3) is 7.31. The molecule has 1 amide bonds. The maximum Gasteiger partial charge on any atom is 0.308 e. The lowest BCUT2D eigenvalue weighted by Gasteiger charge is -2.15. The van der Waals surface area contributed by atoms with Gasteiger partial charge in [-0.05, 0) is 36.6 Å². The van der Waals surface area contributed by atoms with Gasteiger partial charge in [-0.25, -0.2) is 0 Å². The second kappa shape index (κ2) is 9.30. The summed E-state index contributed by atoms with van der Waals surface area (Å²) in [5.74, 6) is -0.747. The van der Waals surface area contributed by atoms with E-state index in [2.05, 4.69) is 5.32 Å². The second-order valence-electron chi connectivity index (χ2n) is 5.52. The summed E-state index contributed by atoms with van der Waals surface area (Å²) >= 11 is 5.76. The molecule has 0 aliphatic rings. The zero-order valence-electron chi connectivity index (χ0n) is 12.8. The van der Waals surface area contributed by atoms with Crippen LogP contribution < -0.4 is 10.1 Å². The average molecular weight is 328 g/mol. The van der Waals surface area contributed by atoms with Crippen molar-refractivity contribution in [3.05, 3.63) is 29.3 Å². The number of halogens is 1. The van der Waals surface area contributed by atoms with Crippen molar-refractivity contribution in [3.8, 4) is 5.75 Å². The molecule has 0 aromatic heterocycles. The largest absolute Gasteiger partial charge is 0.493 e. The van der Waals surface area contributed by atoms with Gasteiger partial charge in [-0.2, -0.15) is 0 Å². The standard InChI is InChI=1S/C16H22ClNO4/c1-11(2)9-12(16(20)21)10-18-15(19)7-8-22-14-5-3-13(17)4-6-14/h3-6,11-12H,7-10H2,1-2H3,(H,18,19)(H,20,21). The van der Waals surface area contributed by atoms with Crippen LogP contribution in [0.3, 0.4) is 0 Å². The molecule has 0 bridgehead atoms. The smallest absolute Gasteiger partial charge is 0.308 e. The molecule has 0 radical (unpaired) electrons. The van der Waals surface area contributed by atoms with E-state index in [1.165, 1.54) is 0 Å². The summed E-state index contributed by atoms with van der Waals surface area (Å²) in [7, 11) is 0. The van der Waals surface area contributed by atoms with Gasteiger partial charge in [-0.1, -0.05) is 25.4 Å². The van der Waals surface area contributed by atoms with E-state index in [-0.39, 0.29) is 31.4 Å². The molecule has 0 aliphatic heterocycles. The van der Waals surface area contributed by atoms with Crippen LogP contribution >= 0.6 is 11.6 Å². The monoisotopic (exact) mass is 327 g/mol. The van der Waals surface area contributed by atoms with Crippen LogP contribution in [-0.2, 0) is 9.59 Å². The van der Waals surface area contributed by atoms with Crippen LogP contribution in [0.15, 0.2) is 24.3 Å². The number of carboxylic acids is 1. The highest BCUT2D eigenvalue weighted by molar-refractivity contribution is 6.30.